The zero-order valence-corrected chi connectivity index (χ0v) is 13.0. The molecular formula is C13H28N2O2S. The van der Waals surface area contributed by atoms with Crippen LogP contribution in [0, 0.1) is 5.41 Å². The Balaban J connectivity index is 2.44. The van der Waals surface area contributed by atoms with E-state index in [1.165, 1.54) is 0 Å². The molecule has 5 heteroatoms. The average molecular weight is 276 g/mol. The highest BCUT2D eigenvalue weighted by atomic mass is 32.2. The van der Waals surface area contributed by atoms with Crippen molar-refractivity contribution in [3.05, 3.63) is 0 Å². The first kappa shape index (κ1) is 15.9. The fourth-order valence-electron chi connectivity index (χ4n) is 2.54. The first-order chi connectivity index (χ1) is 8.24. The number of rotatable bonds is 4. The zero-order chi connectivity index (χ0) is 13.8. The van der Waals surface area contributed by atoms with Crippen molar-refractivity contribution in [1.82, 2.24) is 10.2 Å². The van der Waals surface area contributed by atoms with Gasteiger partial charge in [0.1, 0.15) is 0 Å². The minimum Gasteiger partial charge on any atom is -0.316 e. The predicted octanol–water partition coefficient (Wildman–Crippen LogP) is 1.13. The number of hydrogen-bond donors (Lipinski definition) is 1. The van der Waals surface area contributed by atoms with Gasteiger partial charge in [-0.1, -0.05) is 20.8 Å². The lowest BCUT2D eigenvalue weighted by molar-refractivity contribution is 0.218. The van der Waals surface area contributed by atoms with Gasteiger partial charge in [0.2, 0.25) is 0 Å². The SMILES string of the molecule is CNC(CCN1CCCS(=O)(=O)CC1)C(C)(C)C. The van der Waals surface area contributed by atoms with Crippen molar-refractivity contribution < 1.29 is 8.42 Å². The maximum atomic E-state index is 11.5. The molecule has 4 nitrogen and oxygen atoms in total. The standard InChI is InChI=1S/C13H28N2O2S/c1-13(2,3)12(14-4)6-8-15-7-5-10-18(16,17)11-9-15/h12,14H,5-11H2,1-4H3. The molecule has 0 spiro atoms. The van der Waals surface area contributed by atoms with Gasteiger partial charge in [-0.15, -0.1) is 0 Å². The van der Waals surface area contributed by atoms with E-state index in [9.17, 15) is 8.42 Å². The highest BCUT2D eigenvalue weighted by molar-refractivity contribution is 7.91. The topological polar surface area (TPSA) is 49.4 Å². The summed E-state index contributed by atoms with van der Waals surface area (Å²) in [7, 11) is -0.779. The molecule has 1 atom stereocenters. The summed E-state index contributed by atoms with van der Waals surface area (Å²) in [6.07, 6.45) is 1.85. The smallest absolute Gasteiger partial charge is 0.151 e. The molecule has 0 bridgehead atoms. The summed E-state index contributed by atoms with van der Waals surface area (Å²) >= 11 is 0. The third-order valence-corrected chi connectivity index (χ3v) is 5.49. The van der Waals surface area contributed by atoms with Crippen LogP contribution in [0.3, 0.4) is 0 Å². The molecule has 1 aliphatic rings. The summed E-state index contributed by atoms with van der Waals surface area (Å²) in [6, 6.07) is 0.470. The van der Waals surface area contributed by atoms with E-state index < -0.39 is 9.84 Å². The second-order valence-corrected chi connectivity index (χ2v) is 8.65. The molecule has 0 radical (unpaired) electrons. The summed E-state index contributed by atoms with van der Waals surface area (Å²) in [4.78, 5) is 2.29. The Morgan fingerprint density at radius 1 is 1.22 bits per heavy atom. The van der Waals surface area contributed by atoms with Crippen LogP contribution in [0.5, 0.6) is 0 Å². The van der Waals surface area contributed by atoms with E-state index in [0.29, 0.717) is 24.1 Å². The van der Waals surface area contributed by atoms with Crippen molar-refractivity contribution in [3.63, 3.8) is 0 Å². The summed E-state index contributed by atoms with van der Waals surface area (Å²) in [5.41, 5.74) is 0.243. The molecule has 0 aromatic carbocycles. The van der Waals surface area contributed by atoms with Gasteiger partial charge in [0.05, 0.1) is 11.5 Å². The lowest BCUT2D eigenvalue weighted by atomic mass is 9.85. The van der Waals surface area contributed by atoms with Crippen molar-refractivity contribution >= 4 is 9.84 Å². The maximum absolute atomic E-state index is 11.5. The molecule has 1 fully saturated rings. The fourth-order valence-corrected chi connectivity index (χ4v) is 3.85. The van der Waals surface area contributed by atoms with Crippen LogP contribution in [0.25, 0.3) is 0 Å². The third kappa shape index (κ3) is 5.24. The summed E-state index contributed by atoms with van der Waals surface area (Å²) in [5.74, 6) is 0.685. The Bertz CT molecular complexity index is 346. The summed E-state index contributed by atoms with van der Waals surface area (Å²) in [5, 5.41) is 3.37. The van der Waals surface area contributed by atoms with Gasteiger partial charge >= 0.3 is 0 Å². The van der Waals surface area contributed by atoms with E-state index in [0.717, 1.165) is 25.9 Å². The van der Waals surface area contributed by atoms with Crippen molar-refractivity contribution in [2.75, 3.05) is 38.2 Å². The first-order valence-electron chi connectivity index (χ1n) is 6.84. The van der Waals surface area contributed by atoms with E-state index in [2.05, 4.69) is 31.0 Å². The number of hydrogen-bond acceptors (Lipinski definition) is 4. The Morgan fingerprint density at radius 2 is 1.89 bits per heavy atom. The van der Waals surface area contributed by atoms with Crippen molar-refractivity contribution in [2.24, 2.45) is 5.41 Å². The Hall–Kier alpha value is -0.130. The largest absolute Gasteiger partial charge is 0.316 e. The quantitative estimate of drug-likeness (QED) is 0.836. The zero-order valence-electron chi connectivity index (χ0n) is 12.2. The van der Waals surface area contributed by atoms with Crippen molar-refractivity contribution in [1.29, 1.82) is 0 Å². The van der Waals surface area contributed by atoms with Gasteiger partial charge in [0.15, 0.2) is 9.84 Å². The van der Waals surface area contributed by atoms with E-state index in [1.807, 2.05) is 7.05 Å². The molecule has 1 N–H and O–H groups in total. The minimum atomic E-state index is -2.78. The molecule has 0 amide bonds. The maximum Gasteiger partial charge on any atom is 0.151 e. The molecule has 0 aromatic rings. The molecule has 1 unspecified atom stereocenters. The lowest BCUT2D eigenvalue weighted by Crippen LogP contribution is -2.41. The molecule has 1 heterocycles. The van der Waals surface area contributed by atoms with Crippen LogP contribution >= 0.6 is 0 Å². The fraction of sp³-hybridized carbons (Fsp3) is 1.00. The summed E-state index contributed by atoms with van der Waals surface area (Å²) in [6.45, 7) is 9.31. The Labute approximate surface area is 112 Å². The van der Waals surface area contributed by atoms with Gasteiger partial charge < -0.3 is 10.2 Å². The lowest BCUT2D eigenvalue weighted by Gasteiger charge is -2.32. The van der Waals surface area contributed by atoms with Crippen LogP contribution < -0.4 is 5.32 Å². The van der Waals surface area contributed by atoms with Crippen molar-refractivity contribution in [2.45, 2.75) is 39.7 Å². The second kappa shape index (κ2) is 6.35. The number of sulfone groups is 1. The van der Waals surface area contributed by atoms with Gasteiger partial charge in [0, 0.05) is 12.6 Å². The highest BCUT2D eigenvalue weighted by Gasteiger charge is 2.24. The molecule has 108 valence electrons. The van der Waals surface area contributed by atoms with Crippen LogP contribution in [0.4, 0.5) is 0 Å². The van der Waals surface area contributed by atoms with Gasteiger partial charge in [-0.25, -0.2) is 8.42 Å². The molecule has 0 saturated carbocycles. The van der Waals surface area contributed by atoms with Crippen LogP contribution in [-0.2, 0) is 9.84 Å². The van der Waals surface area contributed by atoms with E-state index in [1.54, 1.807) is 0 Å². The van der Waals surface area contributed by atoms with Crippen LogP contribution in [0.15, 0.2) is 0 Å². The Kier molecular flexibility index (Phi) is 5.62. The monoisotopic (exact) mass is 276 g/mol. The van der Waals surface area contributed by atoms with Crippen LogP contribution in [-0.4, -0.2) is 57.5 Å². The van der Waals surface area contributed by atoms with E-state index in [-0.39, 0.29) is 5.41 Å². The van der Waals surface area contributed by atoms with Gasteiger partial charge in [-0.2, -0.15) is 0 Å². The van der Waals surface area contributed by atoms with Gasteiger partial charge in [0.25, 0.3) is 0 Å². The van der Waals surface area contributed by atoms with E-state index >= 15 is 0 Å². The normalized spacial score (nSPS) is 23.6. The number of nitrogens with zero attached hydrogens (tertiary/aromatic N) is 1. The molecule has 1 saturated heterocycles. The van der Waals surface area contributed by atoms with Crippen LogP contribution in [0.2, 0.25) is 0 Å². The van der Waals surface area contributed by atoms with Crippen molar-refractivity contribution in [3.8, 4) is 0 Å². The predicted molar refractivity (Wildman–Crippen MR) is 76.6 cm³/mol. The second-order valence-electron chi connectivity index (χ2n) is 6.34. The average Bonchev–Trinajstić information content (AvgIpc) is 2.39. The molecule has 18 heavy (non-hydrogen) atoms. The van der Waals surface area contributed by atoms with Crippen LogP contribution in [0.1, 0.15) is 33.6 Å². The highest BCUT2D eigenvalue weighted by Crippen LogP contribution is 2.21. The van der Waals surface area contributed by atoms with E-state index in [4.69, 9.17) is 0 Å². The summed E-state index contributed by atoms with van der Waals surface area (Å²) < 4.78 is 23.1. The molecule has 1 aliphatic heterocycles. The third-order valence-electron chi connectivity index (χ3n) is 3.78. The molecule has 0 aliphatic carbocycles. The van der Waals surface area contributed by atoms with Gasteiger partial charge in [-0.3, -0.25) is 0 Å². The first-order valence-corrected chi connectivity index (χ1v) is 8.67. The minimum absolute atomic E-state index is 0.243. The molecule has 1 rings (SSSR count). The molecule has 0 aromatic heterocycles. The Morgan fingerprint density at radius 3 is 2.44 bits per heavy atom. The van der Waals surface area contributed by atoms with Gasteiger partial charge in [-0.05, 0) is 38.4 Å². The molecular weight excluding hydrogens is 248 g/mol. The number of nitrogens with one attached hydrogen (secondary N) is 1.